The van der Waals surface area contributed by atoms with E-state index in [9.17, 15) is 9.59 Å². The van der Waals surface area contributed by atoms with Gasteiger partial charge >= 0.3 is 5.69 Å². The first-order valence-corrected chi connectivity index (χ1v) is 7.99. The summed E-state index contributed by atoms with van der Waals surface area (Å²) in [6.45, 7) is 2.09. The number of nitrogens with one attached hydrogen (secondary N) is 2. The van der Waals surface area contributed by atoms with Crippen LogP contribution in [0.2, 0.25) is 0 Å². The monoisotopic (exact) mass is 327 g/mol. The Balaban J connectivity index is 1.52. The average molecular weight is 327 g/mol. The van der Waals surface area contributed by atoms with Crippen LogP contribution >= 0.6 is 0 Å². The minimum Gasteiger partial charge on any atom is -0.423 e. The molecule has 0 radical (unpaired) electrons. The first-order valence-electron chi connectivity index (χ1n) is 7.99. The number of fused-ring (bicyclic) bond motifs is 1. The van der Waals surface area contributed by atoms with Crippen LogP contribution in [0.15, 0.2) is 27.4 Å². The van der Waals surface area contributed by atoms with E-state index in [2.05, 4.69) is 20.5 Å². The van der Waals surface area contributed by atoms with Gasteiger partial charge in [-0.05, 0) is 31.0 Å². The lowest BCUT2D eigenvalue weighted by Crippen LogP contribution is -2.22. The van der Waals surface area contributed by atoms with Crippen LogP contribution < -0.4 is 11.0 Å². The van der Waals surface area contributed by atoms with Crippen LogP contribution in [-0.4, -0.2) is 25.7 Å². The molecule has 2 heterocycles. The van der Waals surface area contributed by atoms with E-state index >= 15 is 0 Å². The van der Waals surface area contributed by atoms with Crippen molar-refractivity contribution >= 4 is 16.9 Å². The first kappa shape index (κ1) is 14.7. The molecule has 4 rings (SSSR count). The van der Waals surface area contributed by atoms with Gasteiger partial charge in [0.05, 0.1) is 17.6 Å². The Labute approximate surface area is 136 Å². The topological polar surface area (TPSA) is 106 Å². The predicted octanol–water partition coefficient (Wildman–Crippen LogP) is 1.54. The summed E-state index contributed by atoms with van der Waals surface area (Å²) in [6.07, 6.45) is 2.71. The van der Waals surface area contributed by atoms with Gasteiger partial charge in [-0.2, -0.15) is 0 Å². The molecule has 0 spiro atoms. The summed E-state index contributed by atoms with van der Waals surface area (Å²) in [5, 5.41) is 10.5. The number of amides is 1. The second-order valence-electron chi connectivity index (χ2n) is 5.89. The minimum atomic E-state index is -0.256. The van der Waals surface area contributed by atoms with Crippen molar-refractivity contribution in [1.29, 1.82) is 0 Å². The predicted molar refractivity (Wildman–Crippen MR) is 85.7 cm³/mol. The van der Waals surface area contributed by atoms with Crippen molar-refractivity contribution in [2.45, 2.75) is 38.8 Å². The molecule has 8 heteroatoms. The van der Waals surface area contributed by atoms with E-state index in [1.165, 1.54) is 0 Å². The fourth-order valence-electron chi connectivity index (χ4n) is 2.73. The molecule has 124 valence electrons. The van der Waals surface area contributed by atoms with E-state index in [0.717, 1.165) is 18.4 Å². The molecular weight excluding hydrogens is 310 g/mol. The standard InChI is InChI=1S/C16H17N5O3/c1-2-13-19-20-14(24-13)8-17-15(22)9-3-6-12-11(7-9)18-16(23)21(12)10-4-5-10/h3,6-7,10H,2,4-5,8H2,1H3,(H,17,22)(H,18,23). The normalized spacial score (nSPS) is 14.2. The Hall–Kier alpha value is -2.90. The molecule has 3 aromatic rings. The number of H-pyrrole nitrogens is 1. The van der Waals surface area contributed by atoms with Crippen LogP contribution in [0, 0.1) is 0 Å². The second kappa shape index (κ2) is 5.63. The third-order valence-electron chi connectivity index (χ3n) is 4.10. The highest BCUT2D eigenvalue weighted by atomic mass is 16.4. The Bertz CT molecular complexity index is 964. The highest BCUT2D eigenvalue weighted by Gasteiger charge is 2.27. The first-order chi connectivity index (χ1) is 11.7. The van der Waals surface area contributed by atoms with E-state index < -0.39 is 0 Å². The molecule has 0 bridgehead atoms. The van der Waals surface area contributed by atoms with Gasteiger partial charge in [-0.3, -0.25) is 9.36 Å². The molecule has 0 unspecified atom stereocenters. The van der Waals surface area contributed by atoms with Crippen molar-refractivity contribution in [2.75, 3.05) is 0 Å². The molecule has 1 aliphatic carbocycles. The molecular formula is C16H17N5O3. The molecule has 1 saturated carbocycles. The van der Waals surface area contributed by atoms with Crippen LogP contribution in [0.1, 0.15) is 47.9 Å². The number of aromatic amines is 1. The summed E-state index contributed by atoms with van der Waals surface area (Å²) >= 11 is 0. The summed E-state index contributed by atoms with van der Waals surface area (Å²) in [5.74, 6) is 0.655. The van der Waals surface area contributed by atoms with Crippen LogP contribution in [-0.2, 0) is 13.0 Å². The molecule has 1 amide bonds. The van der Waals surface area contributed by atoms with Gasteiger partial charge in [-0.25, -0.2) is 4.79 Å². The number of rotatable bonds is 5. The zero-order valence-electron chi connectivity index (χ0n) is 13.2. The molecule has 8 nitrogen and oxygen atoms in total. The smallest absolute Gasteiger partial charge is 0.326 e. The number of hydrogen-bond donors (Lipinski definition) is 2. The van der Waals surface area contributed by atoms with Crippen molar-refractivity contribution < 1.29 is 9.21 Å². The summed E-state index contributed by atoms with van der Waals surface area (Å²) in [7, 11) is 0. The van der Waals surface area contributed by atoms with Crippen LogP contribution in [0.5, 0.6) is 0 Å². The van der Waals surface area contributed by atoms with Gasteiger partial charge in [0.15, 0.2) is 0 Å². The number of aromatic nitrogens is 4. The summed E-state index contributed by atoms with van der Waals surface area (Å²) in [6, 6.07) is 5.50. The Kier molecular flexibility index (Phi) is 3.44. The third kappa shape index (κ3) is 2.60. The van der Waals surface area contributed by atoms with Gasteiger partial charge in [0.1, 0.15) is 0 Å². The molecule has 0 atom stereocenters. The SMILES string of the molecule is CCc1nnc(CNC(=O)c2ccc3c(c2)[nH]c(=O)n3C2CC2)o1. The van der Waals surface area contributed by atoms with Crippen molar-refractivity contribution in [3.63, 3.8) is 0 Å². The van der Waals surface area contributed by atoms with E-state index in [0.29, 0.717) is 29.3 Å². The Morgan fingerprint density at radius 2 is 2.17 bits per heavy atom. The highest BCUT2D eigenvalue weighted by molar-refractivity contribution is 5.97. The van der Waals surface area contributed by atoms with Gasteiger partial charge in [-0.1, -0.05) is 6.92 Å². The summed E-state index contributed by atoms with van der Waals surface area (Å²) < 4.78 is 7.12. The summed E-state index contributed by atoms with van der Waals surface area (Å²) in [4.78, 5) is 27.1. The second-order valence-corrected chi connectivity index (χ2v) is 5.89. The molecule has 2 N–H and O–H groups in total. The van der Waals surface area contributed by atoms with E-state index in [1.807, 2.05) is 13.0 Å². The molecule has 1 aliphatic rings. The Morgan fingerprint density at radius 1 is 1.38 bits per heavy atom. The molecule has 2 aromatic heterocycles. The number of benzene rings is 1. The fourth-order valence-corrected chi connectivity index (χ4v) is 2.73. The molecule has 24 heavy (non-hydrogen) atoms. The molecule has 0 saturated heterocycles. The van der Waals surface area contributed by atoms with Crippen molar-refractivity contribution in [3.05, 3.63) is 46.0 Å². The maximum atomic E-state index is 12.3. The maximum absolute atomic E-state index is 12.3. The highest BCUT2D eigenvalue weighted by Crippen LogP contribution is 2.35. The number of carbonyl (C=O) groups is 1. The number of imidazole rings is 1. The third-order valence-corrected chi connectivity index (χ3v) is 4.10. The van der Waals surface area contributed by atoms with E-state index in [-0.39, 0.29) is 24.2 Å². The zero-order chi connectivity index (χ0) is 16.7. The van der Waals surface area contributed by atoms with E-state index in [1.54, 1.807) is 16.7 Å². The quantitative estimate of drug-likeness (QED) is 0.739. The molecule has 1 fully saturated rings. The zero-order valence-corrected chi connectivity index (χ0v) is 13.2. The van der Waals surface area contributed by atoms with Crippen LogP contribution in [0.4, 0.5) is 0 Å². The molecule has 1 aromatic carbocycles. The lowest BCUT2D eigenvalue weighted by atomic mass is 10.2. The number of nitrogens with zero attached hydrogens (tertiary/aromatic N) is 3. The van der Waals surface area contributed by atoms with Crippen LogP contribution in [0.25, 0.3) is 11.0 Å². The maximum Gasteiger partial charge on any atom is 0.326 e. The number of hydrogen-bond acceptors (Lipinski definition) is 5. The Morgan fingerprint density at radius 3 is 2.88 bits per heavy atom. The van der Waals surface area contributed by atoms with E-state index in [4.69, 9.17) is 4.42 Å². The van der Waals surface area contributed by atoms with Crippen molar-refractivity contribution in [2.24, 2.45) is 0 Å². The van der Waals surface area contributed by atoms with Crippen molar-refractivity contribution in [3.8, 4) is 0 Å². The van der Waals surface area contributed by atoms with Gasteiger partial charge in [0, 0.05) is 18.0 Å². The van der Waals surface area contributed by atoms with Gasteiger partial charge in [0.2, 0.25) is 11.8 Å². The average Bonchev–Trinajstić information content (AvgIpc) is 3.21. The van der Waals surface area contributed by atoms with Gasteiger partial charge < -0.3 is 14.7 Å². The van der Waals surface area contributed by atoms with Gasteiger partial charge in [-0.15, -0.1) is 10.2 Å². The number of aryl methyl sites for hydroxylation is 1. The van der Waals surface area contributed by atoms with Crippen molar-refractivity contribution in [1.82, 2.24) is 25.1 Å². The lowest BCUT2D eigenvalue weighted by molar-refractivity contribution is 0.0947. The summed E-state index contributed by atoms with van der Waals surface area (Å²) in [5.41, 5.74) is 1.86. The fraction of sp³-hybridized carbons (Fsp3) is 0.375. The minimum absolute atomic E-state index is 0.122. The van der Waals surface area contributed by atoms with Crippen LogP contribution in [0.3, 0.4) is 0 Å². The lowest BCUT2D eigenvalue weighted by Gasteiger charge is -2.04. The number of carbonyl (C=O) groups excluding carboxylic acids is 1. The largest absolute Gasteiger partial charge is 0.423 e. The molecule has 0 aliphatic heterocycles. The van der Waals surface area contributed by atoms with Gasteiger partial charge in [0.25, 0.3) is 5.91 Å².